The third kappa shape index (κ3) is 1.96. The zero-order valence-corrected chi connectivity index (χ0v) is 7.66. The molecule has 0 heterocycles. The molecular formula is C10H16O2. The standard InChI is InChI=1S/C10H16O2/c1-7(2)9-5-4-8(3)6-10(9)12-11/h4-5,8-11H,1,6H2,2-3H3. The first-order valence-corrected chi connectivity index (χ1v) is 4.29. The van der Waals surface area contributed by atoms with Crippen LogP contribution in [0.5, 0.6) is 0 Å². The van der Waals surface area contributed by atoms with E-state index in [0.717, 1.165) is 12.0 Å². The van der Waals surface area contributed by atoms with E-state index >= 15 is 0 Å². The largest absolute Gasteiger partial charge is 0.252 e. The highest BCUT2D eigenvalue weighted by Crippen LogP contribution is 2.28. The molecule has 0 amide bonds. The lowest BCUT2D eigenvalue weighted by Gasteiger charge is -2.28. The molecule has 0 aliphatic heterocycles. The summed E-state index contributed by atoms with van der Waals surface area (Å²) in [6.07, 6.45) is 4.97. The van der Waals surface area contributed by atoms with Crippen molar-refractivity contribution in [2.75, 3.05) is 0 Å². The molecule has 0 saturated heterocycles. The third-order valence-electron chi connectivity index (χ3n) is 2.36. The highest BCUT2D eigenvalue weighted by Gasteiger charge is 2.25. The van der Waals surface area contributed by atoms with Gasteiger partial charge in [-0.25, -0.2) is 4.89 Å². The number of allylic oxidation sites excluding steroid dienone is 1. The molecule has 68 valence electrons. The first-order valence-electron chi connectivity index (χ1n) is 4.29. The highest BCUT2D eigenvalue weighted by atomic mass is 17.1. The van der Waals surface area contributed by atoms with Gasteiger partial charge in [0, 0.05) is 5.92 Å². The Labute approximate surface area is 73.5 Å². The van der Waals surface area contributed by atoms with Gasteiger partial charge in [0.25, 0.3) is 0 Å². The number of rotatable bonds is 2. The van der Waals surface area contributed by atoms with Gasteiger partial charge in [-0.2, -0.15) is 0 Å². The van der Waals surface area contributed by atoms with Gasteiger partial charge >= 0.3 is 0 Å². The molecule has 1 aliphatic rings. The van der Waals surface area contributed by atoms with E-state index in [2.05, 4.69) is 30.5 Å². The van der Waals surface area contributed by atoms with Gasteiger partial charge in [0.1, 0.15) is 6.10 Å². The second-order valence-corrected chi connectivity index (χ2v) is 3.61. The van der Waals surface area contributed by atoms with E-state index in [9.17, 15) is 0 Å². The maximum absolute atomic E-state index is 8.65. The molecule has 3 atom stereocenters. The van der Waals surface area contributed by atoms with E-state index in [0.29, 0.717) is 5.92 Å². The maximum atomic E-state index is 8.65. The van der Waals surface area contributed by atoms with E-state index in [1.54, 1.807) is 0 Å². The van der Waals surface area contributed by atoms with Crippen molar-refractivity contribution >= 4 is 0 Å². The predicted octanol–water partition coefficient (Wildman–Crippen LogP) is 2.63. The lowest BCUT2D eigenvalue weighted by atomic mass is 9.83. The Balaban J connectivity index is 2.71. The van der Waals surface area contributed by atoms with Gasteiger partial charge in [0.15, 0.2) is 0 Å². The average Bonchev–Trinajstić information content (AvgIpc) is 2.03. The van der Waals surface area contributed by atoms with E-state index in [1.807, 2.05) is 6.92 Å². The summed E-state index contributed by atoms with van der Waals surface area (Å²) in [5.74, 6) is 0.656. The smallest absolute Gasteiger partial charge is 0.103 e. The lowest BCUT2D eigenvalue weighted by molar-refractivity contribution is -0.288. The minimum absolute atomic E-state index is 0.109. The van der Waals surface area contributed by atoms with Crippen LogP contribution in [0.2, 0.25) is 0 Å². The van der Waals surface area contributed by atoms with Crippen molar-refractivity contribution < 1.29 is 10.1 Å². The first-order chi connectivity index (χ1) is 5.65. The van der Waals surface area contributed by atoms with Gasteiger partial charge < -0.3 is 0 Å². The average molecular weight is 168 g/mol. The van der Waals surface area contributed by atoms with Crippen LogP contribution in [0.25, 0.3) is 0 Å². The molecule has 2 heteroatoms. The maximum Gasteiger partial charge on any atom is 0.103 e. The van der Waals surface area contributed by atoms with Crippen molar-refractivity contribution in [2.24, 2.45) is 11.8 Å². The topological polar surface area (TPSA) is 29.5 Å². The molecular weight excluding hydrogens is 152 g/mol. The van der Waals surface area contributed by atoms with Crippen molar-refractivity contribution in [1.82, 2.24) is 0 Å². The van der Waals surface area contributed by atoms with Gasteiger partial charge in [-0.1, -0.05) is 31.2 Å². The highest BCUT2D eigenvalue weighted by molar-refractivity contribution is 5.13. The number of hydrogen-bond acceptors (Lipinski definition) is 2. The van der Waals surface area contributed by atoms with Gasteiger partial charge in [0.2, 0.25) is 0 Å². The van der Waals surface area contributed by atoms with E-state index in [1.165, 1.54) is 0 Å². The lowest BCUT2D eigenvalue weighted by Crippen LogP contribution is -2.27. The summed E-state index contributed by atoms with van der Waals surface area (Å²) >= 11 is 0. The van der Waals surface area contributed by atoms with Crippen LogP contribution >= 0.6 is 0 Å². The molecule has 1 aliphatic carbocycles. The molecule has 0 spiro atoms. The summed E-state index contributed by atoms with van der Waals surface area (Å²) in [6, 6.07) is 0. The van der Waals surface area contributed by atoms with Crippen LogP contribution in [0.4, 0.5) is 0 Å². The van der Waals surface area contributed by atoms with Crippen LogP contribution in [0.1, 0.15) is 20.3 Å². The zero-order valence-electron chi connectivity index (χ0n) is 7.66. The molecule has 1 rings (SSSR count). The Morgan fingerprint density at radius 2 is 2.25 bits per heavy atom. The molecule has 2 nitrogen and oxygen atoms in total. The second-order valence-electron chi connectivity index (χ2n) is 3.61. The summed E-state index contributed by atoms with van der Waals surface area (Å²) in [7, 11) is 0. The summed E-state index contributed by atoms with van der Waals surface area (Å²) in [5, 5.41) is 8.65. The zero-order chi connectivity index (χ0) is 9.14. The Bertz CT molecular complexity index is 196. The summed E-state index contributed by atoms with van der Waals surface area (Å²) in [5.41, 5.74) is 1.04. The quantitative estimate of drug-likeness (QED) is 0.390. The van der Waals surface area contributed by atoms with Crippen LogP contribution in [0.3, 0.4) is 0 Å². The molecule has 3 unspecified atom stereocenters. The van der Waals surface area contributed by atoms with Crippen LogP contribution in [-0.2, 0) is 4.89 Å². The first kappa shape index (κ1) is 9.49. The van der Waals surface area contributed by atoms with Gasteiger partial charge in [-0.15, -0.1) is 0 Å². The van der Waals surface area contributed by atoms with Gasteiger partial charge in [0.05, 0.1) is 0 Å². The third-order valence-corrected chi connectivity index (χ3v) is 2.36. The van der Waals surface area contributed by atoms with Crippen molar-refractivity contribution in [2.45, 2.75) is 26.4 Å². The molecule has 0 aromatic rings. The fourth-order valence-electron chi connectivity index (χ4n) is 1.62. The Morgan fingerprint density at radius 1 is 1.58 bits per heavy atom. The summed E-state index contributed by atoms with van der Waals surface area (Å²) in [6.45, 7) is 7.92. The van der Waals surface area contributed by atoms with E-state index in [4.69, 9.17) is 5.26 Å². The molecule has 0 fully saturated rings. The molecule has 0 aromatic carbocycles. The monoisotopic (exact) mass is 168 g/mol. The van der Waals surface area contributed by atoms with E-state index in [-0.39, 0.29) is 12.0 Å². The molecule has 0 aromatic heterocycles. The predicted molar refractivity (Wildman–Crippen MR) is 48.7 cm³/mol. The van der Waals surface area contributed by atoms with Gasteiger partial charge in [-0.3, -0.25) is 5.26 Å². The summed E-state index contributed by atoms with van der Waals surface area (Å²) in [4.78, 5) is 4.42. The number of hydrogen-bond donors (Lipinski definition) is 1. The van der Waals surface area contributed by atoms with Crippen LogP contribution in [-0.4, -0.2) is 11.4 Å². The van der Waals surface area contributed by atoms with E-state index < -0.39 is 0 Å². The molecule has 12 heavy (non-hydrogen) atoms. The second kappa shape index (κ2) is 3.87. The Morgan fingerprint density at radius 3 is 2.75 bits per heavy atom. The van der Waals surface area contributed by atoms with Crippen molar-refractivity contribution in [1.29, 1.82) is 0 Å². The molecule has 0 bridgehead atoms. The SMILES string of the molecule is C=C(C)C1C=CC(C)CC1OO. The van der Waals surface area contributed by atoms with Crippen molar-refractivity contribution in [3.63, 3.8) is 0 Å². The molecule has 0 radical (unpaired) electrons. The van der Waals surface area contributed by atoms with Crippen molar-refractivity contribution in [3.05, 3.63) is 24.3 Å². The summed E-state index contributed by atoms with van der Waals surface area (Å²) < 4.78 is 0. The minimum atomic E-state index is -0.109. The van der Waals surface area contributed by atoms with Crippen LogP contribution in [0.15, 0.2) is 24.3 Å². The van der Waals surface area contributed by atoms with Gasteiger partial charge in [-0.05, 0) is 19.3 Å². The Hall–Kier alpha value is -0.600. The van der Waals surface area contributed by atoms with Crippen LogP contribution in [0, 0.1) is 11.8 Å². The van der Waals surface area contributed by atoms with Crippen molar-refractivity contribution in [3.8, 4) is 0 Å². The fraction of sp³-hybridized carbons (Fsp3) is 0.600. The fourth-order valence-corrected chi connectivity index (χ4v) is 1.62. The minimum Gasteiger partial charge on any atom is -0.252 e. The molecule has 0 saturated carbocycles. The normalized spacial score (nSPS) is 35.1. The van der Waals surface area contributed by atoms with Crippen LogP contribution < -0.4 is 0 Å². The molecule has 1 N–H and O–H groups in total. The Kier molecular flexibility index (Phi) is 3.06.